The maximum Gasteiger partial charge on any atom is 0.277 e. The Labute approximate surface area is 187 Å². The zero-order chi connectivity index (χ0) is 22.8. The molecular weight excluding hydrogens is 430 g/mol. The second-order valence-corrected chi connectivity index (χ2v) is 7.61. The van der Waals surface area contributed by atoms with Gasteiger partial charge in [-0.05, 0) is 42.5 Å². The zero-order valence-corrected chi connectivity index (χ0v) is 17.5. The molecule has 1 fully saturated rings. The van der Waals surface area contributed by atoms with Crippen molar-refractivity contribution in [2.24, 2.45) is 0 Å². The molecule has 0 aliphatic carbocycles. The molecule has 33 heavy (non-hydrogen) atoms. The second kappa shape index (κ2) is 9.00. The van der Waals surface area contributed by atoms with Gasteiger partial charge in [-0.3, -0.25) is 9.69 Å². The molecule has 1 aliphatic heterocycles. The lowest BCUT2D eigenvalue weighted by atomic mass is 10.1. The maximum atomic E-state index is 14.2. The van der Waals surface area contributed by atoms with Gasteiger partial charge in [-0.15, -0.1) is 0 Å². The molecular formula is C23H20F2N6O2. The molecule has 4 heterocycles. The first-order chi connectivity index (χ1) is 16.1. The number of amides is 1. The fourth-order valence-electron chi connectivity index (χ4n) is 3.67. The van der Waals surface area contributed by atoms with Crippen molar-refractivity contribution in [2.75, 3.05) is 31.6 Å². The molecule has 0 unspecified atom stereocenters. The Morgan fingerprint density at radius 2 is 1.94 bits per heavy atom. The Bertz CT molecular complexity index is 1320. The van der Waals surface area contributed by atoms with E-state index in [1.54, 1.807) is 12.1 Å². The van der Waals surface area contributed by atoms with Crippen LogP contribution in [-0.4, -0.2) is 56.7 Å². The summed E-state index contributed by atoms with van der Waals surface area (Å²) in [6, 6.07) is 11.7. The average Bonchev–Trinajstić information content (AvgIpc) is 3.25. The van der Waals surface area contributed by atoms with Gasteiger partial charge in [-0.1, -0.05) is 6.07 Å². The van der Waals surface area contributed by atoms with Crippen LogP contribution in [0.2, 0.25) is 0 Å². The maximum absolute atomic E-state index is 14.2. The van der Waals surface area contributed by atoms with E-state index in [9.17, 15) is 13.6 Å². The molecule has 1 aliphatic rings. The van der Waals surface area contributed by atoms with Crippen LogP contribution in [0.25, 0.3) is 16.9 Å². The predicted octanol–water partition coefficient (Wildman–Crippen LogP) is 3.15. The fraction of sp³-hybridized carbons (Fsp3) is 0.217. The van der Waals surface area contributed by atoms with Gasteiger partial charge in [0.15, 0.2) is 11.3 Å². The molecule has 4 aromatic rings. The number of fused-ring (bicyclic) bond motifs is 1. The van der Waals surface area contributed by atoms with Crippen LogP contribution in [0, 0.1) is 11.6 Å². The van der Waals surface area contributed by atoms with Crippen molar-refractivity contribution in [3.63, 3.8) is 0 Å². The van der Waals surface area contributed by atoms with Gasteiger partial charge in [0.2, 0.25) is 0 Å². The number of carbonyl (C=O) groups is 1. The molecule has 0 atom stereocenters. The highest BCUT2D eigenvalue weighted by Crippen LogP contribution is 2.22. The van der Waals surface area contributed by atoms with Gasteiger partial charge in [0, 0.05) is 25.2 Å². The monoisotopic (exact) mass is 450 g/mol. The van der Waals surface area contributed by atoms with Crippen LogP contribution in [0.1, 0.15) is 16.2 Å². The number of hydrogen-bond donors (Lipinski definition) is 1. The van der Waals surface area contributed by atoms with E-state index in [0.717, 1.165) is 37.0 Å². The van der Waals surface area contributed by atoms with Crippen molar-refractivity contribution >= 4 is 17.4 Å². The number of halogens is 2. The van der Waals surface area contributed by atoms with E-state index in [1.807, 2.05) is 12.1 Å². The first-order valence-electron chi connectivity index (χ1n) is 10.4. The summed E-state index contributed by atoms with van der Waals surface area (Å²) < 4.78 is 34.5. The second-order valence-electron chi connectivity index (χ2n) is 7.61. The summed E-state index contributed by atoms with van der Waals surface area (Å²) >= 11 is 0. The van der Waals surface area contributed by atoms with Crippen LogP contribution < -0.4 is 5.32 Å². The minimum atomic E-state index is -0.615. The van der Waals surface area contributed by atoms with E-state index in [4.69, 9.17) is 4.74 Å². The summed E-state index contributed by atoms with van der Waals surface area (Å²) in [5.74, 6) is -1.27. The number of morpholine rings is 1. The number of carbonyl (C=O) groups excluding carboxylic acids is 1. The lowest BCUT2D eigenvalue weighted by Gasteiger charge is -2.26. The fourth-order valence-corrected chi connectivity index (χ4v) is 3.67. The third kappa shape index (κ3) is 4.57. The third-order valence-corrected chi connectivity index (χ3v) is 5.34. The minimum Gasteiger partial charge on any atom is -0.379 e. The molecule has 1 N–H and O–H groups in total. The molecule has 0 bridgehead atoms. The zero-order valence-electron chi connectivity index (χ0n) is 17.5. The number of benzene rings is 1. The van der Waals surface area contributed by atoms with E-state index in [1.165, 1.54) is 16.8 Å². The normalized spacial score (nSPS) is 14.5. The Hall–Kier alpha value is -3.76. The van der Waals surface area contributed by atoms with Crippen LogP contribution in [-0.2, 0) is 11.3 Å². The largest absolute Gasteiger partial charge is 0.379 e. The van der Waals surface area contributed by atoms with Crippen LogP contribution in [0.3, 0.4) is 0 Å². The topological polar surface area (TPSA) is 84.7 Å². The van der Waals surface area contributed by atoms with Crippen LogP contribution in [0.4, 0.5) is 14.6 Å². The molecule has 10 heteroatoms. The standard InChI is InChI=1S/C23H20F2N6O2/c24-15-4-5-18(25)17(12-15)19-6-7-22-26-13-20(31(22)29-19)23(32)28-21-3-1-2-16(27-21)14-30-8-10-33-11-9-30/h1-7,12-13H,8-11,14H2,(H,27,28,32). The molecule has 1 aromatic carbocycles. The summed E-state index contributed by atoms with van der Waals surface area (Å²) in [6.45, 7) is 3.71. The number of pyridine rings is 1. The number of anilines is 1. The van der Waals surface area contributed by atoms with Crippen molar-refractivity contribution in [3.05, 3.63) is 77.8 Å². The summed E-state index contributed by atoms with van der Waals surface area (Å²) in [4.78, 5) is 23.9. The molecule has 0 spiro atoms. The van der Waals surface area contributed by atoms with Crippen LogP contribution in [0.15, 0.2) is 54.7 Å². The quantitative estimate of drug-likeness (QED) is 0.503. The number of rotatable bonds is 5. The third-order valence-electron chi connectivity index (χ3n) is 5.34. The van der Waals surface area contributed by atoms with Gasteiger partial charge >= 0.3 is 0 Å². The van der Waals surface area contributed by atoms with Gasteiger partial charge in [0.1, 0.15) is 17.5 Å². The molecule has 5 rings (SSSR count). The lowest BCUT2D eigenvalue weighted by molar-refractivity contribution is 0.0337. The summed E-state index contributed by atoms with van der Waals surface area (Å²) in [5, 5.41) is 7.08. The highest BCUT2D eigenvalue weighted by Gasteiger charge is 2.17. The highest BCUT2D eigenvalue weighted by atomic mass is 19.1. The van der Waals surface area contributed by atoms with E-state index in [2.05, 4.69) is 25.3 Å². The van der Waals surface area contributed by atoms with E-state index in [-0.39, 0.29) is 17.0 Å². The number of nitrogens with one attached hydrogen (secondary N) is 1. The van der Waals surface area contributed by atoms with Crippen LogP contribution >= 0.6 is 0 Å². The molecule has 1 amide bonds. The first kappa shape index (κ1) is 21.1. The SMILES string of the molecule is O=C(Nc1cccc(CN2CCOCC2)n1)c1cnc2ccc(-c3cc(F)ccc3F)nn12. The van der Waals surface area contributed by atoms with Crippen molar-refractivity contribution in [3.8, 4) is 11.3 Å². The van der Waals surface area contributed by atoms with Gasteiger partial charge in [0.05, 0.1) is 30.8 Å². The van der Waals surface area contributed by atoms with Gasteiger partial charge < -0.3 is 10.1 Å². The number of aromatic nitrogens is 4. The van der Waals surface area contributed by atoms with Crippen molar-refractivity contribution in [1.82, 2.24) is 24.5 Å². The highest BCUT2D eigenvalue weighted by molar-refractivity contribution is 6.02. The average molecular weight is 450 g/mol. The van der Waals surface area contributed by atoms with Gasteiger partial charge in [-0.2, -0.15) is 5.10 Å². The van der Waals surface area contributed by atoms with Crippen LogP contribution in [0.5, 0.6) is 0 Å². The Kier molecular flexibility index (Phi) is 5.76. The van der Waals surface area contributed by atoms with Crippen molar-refractivity contribution in [1.29, 1.82) is 0 Å². The van der Waals surface area contributed by atoms with E-state index in [0.29, 0.717) is 31.2 Å². The minimum absolute atomic E-state index is 0.00515. The summed E-state index contributed by atoms with van der Waals surface area (Å²) in [6.07, 6.45) is 1.38. The first-order valence-corrected chi connectivity index (χ1v) is 10.4. The summed E-state index contributed by atoms with van der Waals surface area (Å²) in [5.41, 5.74) is 1.54. The van der Waals surface area contributed by atoms with E-state index >= 15 is 0 Å². The molecule has 8 nitrogen and oxygen atoms in total. The molecule has 1 saturated heterocycles. The Balaban J connectivity index is 1.38. The van der Waals surface area contributed by atoms with E-state index < -0.39 is 17.5 Å². The summed E-state index contributed by atoms with van der Waals surface area (Å²) in [7, 11) is 0. The van der Waals surface area contributed by atoms with Crippen molar-refractivity contribution < 1.29 is 18.3 Å². The number of ether oxygens (including phenoxy) is 1. The molecule has 168 valence electrons. The number of hydrogen-bond acceptors (Lipinski definition) is 6. The van der Waals surface area contributed by atoms with Gasteiger partial charge in [-0.25, -0.2) is 23.3 Å². The number of nitrogens with zero attached hydrogens (tertiary/aromatic N) is 5. The Morgan fingerprint density at radius 3 is 2.79 bits per heavy atom. The Morgan fingerprint density at radius 1 is 1.09 bits per heavy atom. The predicted molar refractivity (Wildman–Crippen MR) is 117 cm³/mol. The smallest absolute Gasteiger partial charge is 0.277 e. The molecule has 0 saturated carbocycles. The van der Waals surface area contributed by atoms with Crippen molar-refractivity contribution in [2.45, 2.75) is 6.54 Å². The van der Waals surface area contributed by atoms with Gasteiger partial charge in [0.25, 0.3) is 5.91 Å². The molecule has 3 aromatic heterocycles. The molecule has 0 radical (unpaired) electrons. The lowest BCUT2D eigenvalue weighted by Crippen LogP contribution is -2.35. The number of imidazole rings is 1.